The molecule has 0 amide bonds. The lowest BCUT2D eigenvalue weighted by Gasteiger charge is -2.26. The number of piperidine rings is 1. The number of aromatic nitrogens is 5. The fourth-order valence-electron chi connectivity index (χ4n) is 3.94. The molecular weight excluding hydrogens is 490 g/mol. The number of halogens is 1. The van der Waals surface area contributed by atoms with E-state index in [-0.39, 0.29) is 5.69 Å². The average Bonchev–Trinajstić information content (AvgIpc) is 3.51. The second-order valence-electron chi connectivity index (χ2n) is 8.14. The number of hydrogen-bond donors (Lipinski definition) is 0. The molecular formula is C23H22ClN7O3S. The molecule has 0 aliphatic carbocycles. The fraction of sp³-hybridized carbons (Fsp3) is 0.304. The Bertz CT molecular complexity index is 1300. The van der Waals surface area contributed by atoms with E-state index < -0.39 is 4.92 Å². The molecule has 1 aliphatic rings. The molecule has 10 nitrogen and oxygen atoms in total. The molecule has 2 aromatic carbocycles. The van der Waals surface area contributed by atoms with Crippen molar-refractivity contribution in [3.8, 4) is 17.1 Å². The summed E-state index contributed by atoms with van der Waals surface area (Å²) < 4.78 is 7.83. The summed E-state index contributed by atoms with van der Waals surface area (Å²) in [6.07, 6.45) is 3.67. The maximum Gasteiger partial charge on any atom is 0.269 e. The van der Waals surface area contributed by atoms with Crippen LogP contribution in [0.2, 0.25) is 5.02 Å². The summed E-state index contributed by atoms with van der Waals surface area (Å²) in [6.45, 7) is 2.84. The maximum absolute atomic E-state index is 10.9. The zero-order valence-corrected chi connectivity index (χ0v) is 20.3. The van der Waals surface area contributed by atoms with Crippen molar-refractivity contribution >= 4 is 29.1 Å². The minimum Gasteiger partial charge on any atom is -0.420 e. The van der Waals surface area contributed by atoms with Crippen molar-refractivity contribution in [2.45, 2.75) is 36.7 Å². The maximum atomic E-state index is 10.9. The fourth-order valence-corrected chi connectivity index (χ4v) is 4.88. The van der Waals surface area contributed by atoms with Gasteiger partial charge in [-0.3, -0.25) is 19.6 Å². The molecule has 4 aromatic rings. The quantitative estimate of drug-likeness (QED) is 0.179. The Morgan fingerprint density at radius 1 is 0.971 bits per heavy atom. The Balaban J connectivity index is 1.34. The smallest absolute Gasteiger partial charge is 0.269 e. The molecule has 12 heteroatoms. The molecule has 180 valence electrons. The lowest BCUT2D eigenvalue weighted by atomic mass is 10.1. The molecule has 0 bridgehead atoms. The number of non-ortho nitro benzene ring substituents is 1. The van der Waals surface area contributed by atoms with Crippen LogP contribution in [0.3, 0.4) is 0 Å². The lowest BCUT2D eigenvalue weighted by molar-refractivity contribution is -0.384. The van der Waals surface area contributed by atoms with Crippen LogP contribution in [0.1, 0.15) is 31.0 Å². The molecule has 1 aliphatic heterocycles. The van der Waals surface area contributed by atoms with Gasteiger partial charge in [-0.1, -0.05) is 29.8 Å². The largest absolute Gasteiger partial charge is 0.420 e. The summed E-state index contributed by atoms with van der Waals surface area (Å²) in [5.41, 5.74) is 1.56. The molecule has 0 saturated carbocycles. The van der Waals surface area contributed by atoms with Gasteiger partial charge in [-0.2, -0.15) is 0 Å². The number of nitrogens with zero attached hydrogens (tertiary/aromatic N) is 7. The van der Waals surface area contributed by atoms with E-state index >= 15 is 0 Å². The summed E-state index contributed by atoms with van der Waals surface area (Å²) in [4.78, 5) is 12.8. The van der Waals surface area contributed by atoms with Gasteiger partial charge in [0.05, 0.1) is 17.2 Å². The van der Waals surface area contributed by atoms with Crippen LogP contribution in [0.25, 0.3) is 17.1 Å². The van der Waals surface area contributed by atoms with Gasteiger partial charge in [0.2, 0.25) is 11.8 Å². The number of benzene rings is 2. The Morgan fingerprint density at radius 3 is 2.43 bits per heavy atom. The first kappa shape index (κ1) is 23.5. The van der Waals surface area contributed by atoms with Crippen molar-refractivity contribution in [3.63, 3.8) is 0 Å². The van der Waals surface area contributed by atoms with Crippen LogP contribution in [0.5, 0.6) is 0 Å². The number of hydrogen-bond acceptors (Lipinski definition) is 9. The zero-order chi connectivity index (χ0) is 24.2. The molecule has 3 heterocycles. The van der Waals surface area contributed by atoms with Crippen LogP contribution in [0, 0.1) is 10.1 Å². The zero-order valence-electron chi connectivity index (χ0n) is 18.7. The molecule has 0 unspecified atom stereocenters. The van der Waals surface area contributed by atoms with Crippen LogP contribution in [0.4, 0.5) is 5.69 Å². The SMILES string of the molecule is O=[N+]([O-])c1ccc(-c2nnc(CSc3nnc(CN4CCCCC4)n3-c3ccc(Cl)cc3)o2)cc1. The minimum absolute atomic E-state index is 0.00550. The van der Waals surface area contributed by atoms with Crippen molar-refractivity contribution in [2.24, 2.45) is 0 Å². The van der Waals surface area contributed by atoms with Crippen molar-refractivity contribution in [1.29, 1.82) is 0 Å². The highest BCUT2D eigenvalue weighted by Gasteiger charge is 2.20. The number of nitro groups is 1. The molecule has 0 N–H and O–H groups in total. The first-order chi connectivity index (χ1) is 17.1. The van der Waals surface area contributed by atoms with Crippen molar-refractivity contribution in [1.82, 2.24) is 29.9 Å². The number of nitro benzene ring substituents is 1. The van der Waals surface area contributed by atoms with Gasteiger partial charge in [-0.25, -0.2) is 0 Å². The van der Waals surface area contributed by atoms with Crippen molar-refractivity contribution in [3.05, 3.63) is 75.4 Å². The second-order valence-corrected chi connectivity index (χ2v) is 9.52. The van der Waals surface area contributed by atoms with E-state index in [4.69, 9.17) is 16.0 Å². The number of rotatable bonds is 8. The third-order valence-electron chi connectivity index (χ3n) is 5.72. The second kappa shape index (κ2) is 10.5. The van der Waals surface area contributed by atoms with E-state index in [1.165, 1.54) is 43.2 Å². The van der Waals surface area contributed by atoms with Gasteiger partial charge < -0.3 is 4.42 Å². The van der Waals surface area contributed by atoms with Crippen LogP contribution < -0.4 is 0 Å². The summed E-state index contributed by atoms with van der Waals surface area (Å²) in [7, 11) is 0. The predicted octanol–water partition coefficient (Wildman–Crippen LogP) is 5.16. The van der Waals surface area contributed by atoms with Gasteiger partial charge in [0.1, 0.15) is 0 Å². The first-order valence-electron chi connectivity index (χ1n) is 11.2. The Kier molecular flexibility index (Phi) is 7.07. The highest BCUT2D eigenvalue weighted by molar-refractivity contribution is 7.98. The minimum atomic E-state index is -0.448. The molecule has 2 aromatic heterocycles. The molecule has 1 saturated heterocycles. The highest BCUT2D eigenvalue weighted by atomic mass is 35.5. The Labute approximate surface area is 210 Å². The number of thioether (sulfide) groups is 1. The molecule has 0 radical (unpaired) electrons. The van der Waals surface area contributed by atoms with Gasteiger partial charge in [0, 0.05) is 28.4 Å². The van der Waals surface area contributed by atoms with E-state index in [1.54, 1.807) is 12.1 Å². The van der Waals surface area contributed by atoms with Crippen molar-refractivity contribution in [2.75, 3.05) is 13.1 Å². The van der Waals surface area contributed by atoms with Gasteiger partial charge in [0.15, 0.2) is 11.0 Å². The third kappa shape index (κ3) is 5.53. The molecule has 35 heavy (non-hydrogen) atoms. The summed E-state index contributed by atoms with van der Waals surface area (Å²) >= 11 is 7.56. The molecule has 5 rings (SSSR count). The Morgan fingerprint density at radius 2 is 1.71 bits per heavy atom. The average molecular weight is 512 g/mol. The topological polar surface area (TPSA) is 116 Å². The molecule has 0 atom stereocenters. The van der Waals surface area contributed by atoms with E-state index in [0.29, 0.717) is 28.1 Å². The van der Waals surface area contributed by atoms with Gasteiger partial charge >= 0.3 is 0 Å². The van der Waals surface area contributed by atoms with E-state index in [0.717, 1.165) is 36.3 Å². The number of likely N-dealkylation sites (tertiary alicyclic amines) is 1. The molecule has 0 spiro atoms. The monoisotopic (exact) mass is 511 g/mol. The summed E-state index contributed by atoms with van der Waals surface area (Å²) in [5.74, 6) is 2.00. The van der Waals surface area contributed by atoms with E-state index in [1.807, 2.05) is 28.8 Å². The van der Waals surface area contributed by atoms with Crippen LogP contribution >= 0.6 is 23.4 Å². The van der Waals surface area contributed by atoms with E-state index in [9.17, 15) is 10.1 Å². The summed E-state index contributed by atoms with van der Waals surface area (Å²) in [6, 6.07) is 13.6. The summed E-state index contributed by atoms with van der Waals surface area (Å²) in [5, 5.41) is 29.4. The van der Waals surface area contributed by atoms with Gasteiger partial charge in [0.25, 0.3) is 5.69 Å². The lowest BCUT2D eigenvalue weighted by Crippen LogP contribution is -2.30. The van der Waals surface area contributed by atoms with Crippen LogP contribution in [-0.2, 0) is 12.3 Å². The van der Waals surface area contributed by atoms with E-state index in [2.05, 4.69) is 25.3 Å². The molecule has 1 fully saturated rings. The Hall–Kier alpha value is -3.28. The van der Waals surface area contributed by atoms with Crippen LogP contribution in [-0.4, -0.2) is 47.9 Å². The van der Waals surface area contributed by atoms with Crippen LogP contribution in [0.15, 0.2) is 58.1 Å². The highest BCUT2D eigenvalue weighted by Crippen LogP contribution is 2.28. The van der Waals surface area contributed by atoms with Crippen molar-refractivity contribution < 1.29 is 9.34 Å². The first-order valence-corrected chi connectivity index (χ1v) is 12.6. The normalized spacial score (nSPS) is 14.3. The van der Waals surface area contributed by atoms with Gasteiger partial charge in [-0.05, 0) is 62.3 Å². The third-order valence-corrected chi connectivity index (χ3v) is 6.88. The predicted molar refractivity (Wildman–Crippen MR) is 131 cm³/mol. The van der Waals surface area contributed by atoms with Gasteiger partial charge in [-0.15, -0.1) is 20.4 Å². The standard InChI is InChI=1S/C23H22ClN7O3S/c24-17-6-10-18(11-7-17)30-20(14-29-12-2-1-3-13-29)25-28-23(30)35-15-21-26-27-22(34-21)16-4-8-19(9-5-16)31(32)33/h4-11H,1-3,12-15H2.